The van der Waals surface area contributed by atoms with Gasteiger partial charge in [0.25, 0.3) is 0 Å². The number of carbonyl (C=O) groups is 2. The Hall–Kier alpha value is -1.89. The lowest BCUT2D eigenvalue weighted by Crippen LogP contribution is -2.38. The molecule has 0 spiro atoms. The summed E-state index contributed by atoms with van der Waals surface area (Å²) in [7, 11) is 0. The smallest absolute Gasteiger partial charge is 0.229 e. The number of carbonyl (C=O) groups excluding carboxylic acids is 2. The van der Waals surface area contributed by atoms with E-state index in [1.54, 1.807) is 4.90 Å². The summed E-state index contributed by atoms with van der Waals surface area (Å²) in [6.45, 7) is 8.38. The van der Waals surface area contributed by atoms with Crippen molar-refractivity contribution in [1.82, 2.24) is 15.1 Å². The van der Waals surface area contributed by atoms with Crippen LogP contribution in [0.25, 0.3) is 0 Å². The molecule has 0 saturated carbocycles. The van der Waals surface area contributed by atoms with Gasteiger partial charge in [-0.05, 0) is 33.6 Å². The summed E-state index contributed by atoms with van der Waals surface area (Å²) < 4.78 is 7.29. The summed E-state index contributed by atoms with van der Waals surface area (Å²) in [5.74, 6) is 0.970. The molecule has 2 heterocycles. The normalized spacial score (nSPS) is 14.2. The second-order valence-corrected chi connectivity index (χ2v) is 6.39. The Morgan fingerprint density at radius 1 is 1.42 bits per heavy atom. The molecule has 1 aliphatic heterocycles. The van der Waals surface area contributed by atoms with Crippen LogP contribution in [0.5, 0.6) is 0 Å². The Morgan fingerprint density at radius 3 is 2.96 bits per heavy atom. The van der Waals surface area contributed by atoms with Crippen LogP contribution in [0.2, 0.25) is 0 Å². The van der Waals surface area contributed by atoms with Crippen LogP contribution >= 0.6 is 0 Å². The fourth-order valence-corrected chi connectivity index (χ4v) is 2.72. The molecule has 0 fully saturated rings. The first-order chi connectivity index (χ1) is 11.5. The lowest BCUT2D eigenvalue weighted by Gasteiger charge is -2.27. The Bertz CT molecular complexity index is 568. The molecule has 1 aliphatic rings. The maximum Gasteiger partial charge on any atom is 0.229 e. The second kappa shape index (κ2) is 8.82. The van der Waals surface area contributed by atoms with E-state index in [0.29, 0.717) is 45.5 Å². The van der Waals surface area contributed by atoms with Gasteiger partial charge in [-0.15, -0.1) is 0 Å². The second-order valence-electron chi connectivity index (χ2n) is 6.39. The number of aromatic nitrogens is 2. The topological polar surface area (TPSA) is 76.5 Å². The van der Waals surface area contributed by atoms with E-state index < -0.39 is 0 Å². The first kappa shape index (κ1) is 18.4. The van der Waals surface area contributed by atoms with Crippen LogP contribution in [0, 0.1) is 6.92 Å². The molecule has 24 heavy (non-hydrogen) atoms. The van der Waals surface area contributed by atoms with Crippen molar-refractivity contribution in [2.75, 3.05) is 24.6 Å². The van der Waals surface area contributed by atoms with E-state index in [2.05, 4.69) is 10.4 Å². The number of hydrogen-bond donors (Lipinski definition) is 1. The Balaban J connectivity index is 1.68. The molecule has 134 valence electrons. The van der Waals surface area contributed by atoms with Crippen LogP contribution in [0.1, 0.15) is 45.2 Å². The number of fused-ring (bicyclic) bond motifs is 1. The van der Waals surface area contributed by atoms with Crippen molar-refractivity contribution in [1.29, 1.82) is 0 Å². The van der Waals surface area contributed by atoms with Gasteiger partial charge in [-0.2, -0.15) is 5.10 Å². The molecular formula is C17H28N4O3. The van der Waals surface area contributed by atoms with Gasteiger partial charge in [0.1, 0.15) is 5.82 Å². The monoisotopic (exact) mass is 336 g/mol. The van der Waals surface area contributed by atoms with Crippen molar-refractivity contribution >= 4 is 17.6 Å². The molecule has 0 unspecified atom stereocenters. The third-order valence-electron chi connectivity index (χ3n) is 3.88. The molecule has 1 aromatic rings. The van der Waals surface area contributed by atoms with Gasteiger partial charge in [-0.1, -0.05) is 0 Å². The quantitative estimate of drug-likeness (QED) is 0.696. The predicted octanol–water partition coefficient (Wildman–Crippen LogP) is 1.64. The number of rotatable bonds is 9. The van der Waals surface area contributed by atoms with Crippen molar-refractivity contribution in [3.05, 3.63) is 11.8 Å². The first-order valence-electron chi connectivity index (χ1n) is 8.70. The Morgan fingerprint density at radius 2 is 2.21 bits per heavy atom. The summed E-state index contributed by atoms with van der Waals surface area (Å²) in [6.07, 6.45) is 2.56. The van der Waals surface area contributed by atoms with Gasteiger partial charge in [0.05, 0.1) is 18.3 Å². The molecule has 0 atom stereocenters. The van der Waals surface area contributed by atoms with Crippen molar-refractivity contribution in [2.45, 2.75) is 59.1 Å². The van der Waals surface area contributed by atoms with E-state index in [1.165, 1.54) is 0 Å². The highest BCUT2D eigenvalue weighted by Crippen LogP contribution is 2.22. The van der Waals surface area contributed by atoms with Crippen LogP contribution in [0.3, 0.4) is 0 Å². The Labute approximate surface area is 143 Å². The number of nitrogens with one attached hydrogen (secondary N) is 1. The highest BCUT2D eigenvalue weighted by atomic mass is 16.5. The van der Waals surface area contributed by atoms with E-state index in [0.717, 1.165) is 17.9 Å². The molecule has 0 radical (unpaired) electrons. The average Bonchev–Trinajstić information content (AvgIpc) is 2.89. The average molecular weight is 336 g/mol. The molecule has 2 rings (SSSR count). The van der Waals surface area contributed by atoms with Crippen molar-refractivity contribution in [3.63, 3.8) is 0 Å². The third kappa shape index (κ3) is 5.33. The molecular weight excluding hydrogens is 308 g/mol. The molecule has 0 aliphatic carbocycles. The van der Waals surface area contributed by atoms with E-state index in [9.17, 15) is 9.59 Å². The van der Waals surface area contributed by atoms with Gasteiger partial charge in [0.2, 0.25) is 11.8 Å². The lowest BCUT2D eigenvalue weighted by molar-refractivity contribution is -0.122. The van der Waals surface area contributed by atoms with E-state index in [4.69, 9.17) is 4.74 Å². The SMILES string of the molecule is Cc1cc2n(n1)CCC(=O)N2CCCC(=O)NCCCOC(C)C. The van der Waals surface area contributed by atoms with Crippen LogP contribution in [0.4, 0.5) is 5.82 Å². The van der Waals surface area contributed by atoms with Crippen molar-refractivity contribution < 1.29 is 14.3 Å². The van der Waals surface area contributed by atoms with E-state index >= 15 is 0 Å². The van der Waals surface area contributed by atoms with Gasteiger partial charge in [0, 0.05) is 38.6 Å². The third-order valence-corrected chi connectivity index (χ3v) is 3.88. The summed E-state index contributed by atoms with van der Waals surface area (Å²) in [6, 6.07) is 1.92. The molecule has 1 aromatic heterocycles. The number of amides is 2. The number of nitrogens with zero attached hydrogens (tertiary/aromatic N) is 3. The minimum atomic E-state index is 0.0219. The van der Waals surface area contributed by atoms with Crippen molar-refractivity contribution in [2.24, 2.45) is 0 Å². The zero-order valence-electron chi connectivity index (χ0n) is 14.9. The molecule has 7 heteroatoms. The summed E-state index contributed by atoms with van der Waals surface area (Å²) >= 11 is 0. The zero-order chi connectivity index (χ0) is 17.5. The minimum absolute atomic E-state index is 0.0219. The Kier molecular flexibility index (Phi) is 6.78. The standard InChI is InChI=1S/C17H28N4O3/c1-13(2)24-11-5-8-18-15(22)6-4-9-20-16-12-14(3)19-21(16)10-7-17(20)23/h12-13H,4-11H2,1-3H3,(H,18,22). The van der Waals surface area contributed by atoms with Crippen LogP contribution in [0.15, 0.2) is 6.07 Å². The van der Waals surface area contributed by atoms with Crippen LogP contribution in [-0.4, -0.2) is 47.4 Å². The predicted molar refractivity (Wildman–Crippen MR) is 91.9 cm³/mol. The van der Waals surface area contributed by atoms with Gasteiger partial charge in [-0.25, -0.2) is 4.68 Å². The highest BCUT2D eigenvalue weighted by molar-refractivity contribution is 5.93. The zero-order valence-corrected chi connectivity index (χ0v) is 14.9. The fourth-order valence-electron chi connectivity index (χ4n) is 2.72. The molecule has 2 amide bonds. The minimum Gasteiger partial charge on any atom is -0.379 e. The molecule has 1 N–H and O–H groups in total. The first-order valence-corrected chi connectivity index (χ1v) is 8.70. The van der Waals surface area contributed by atoms with Gasteiger partial charge < -0.3 is 10.1 Å². The molecule has 0 saturated heterocycles. The number of ether oxygens (including phenoxy) is 1. The summed E-state index contributed by atoms with van der Waals surface area (Å²) in [5, 5.41) is 7.27. The number of anilines is 1. The van der Waals surface area contributed by atoms with Crippen molar-refractivity contribution in [3.8, 4) is 0 Å². The largest absolute Gasteiger partial charge is 0.379 e. The summed E-state index contributed by atoms with van der Waals surface area (Å²) in [5.41, 5.74) is 0.908. The van der Waals surface area contributed by atoms with E-state index in [1.807, 2.05) is 31.5 Å². The molecule has 7 nitrogen and oxygen atoms in total. The van der Waals surface area contributed by atoms with Gasteiger partial charge in [-0.3, -0.25) is 14.5 Å². The van der Waals surface area contributed by atoms with Crippen LogP contribution < -0.4 is 10.2 Å². The van der Waals surface area contributed by atoms with Gasteiger partial charge in [0.15, 0.2) is 0 Å². The van der Waals surface area contributed by atoms with Crippen LogP contribution in [-0.2, 0) is 20.9 Å². The lowest BCUT2D eigenvalue weighted by atomic mass is 10.2. The van der Waals surface area contributed by atoms with E-state index in [-0.39, 0.29) is 17.9 Å². The summed E-state index contributed by atoms with van der Waals surface area (Å²) in [4.78, 5) is 25.7. The molecule has 0 bridgehead atoms. The number of hydrogen-bond acceptors (Lipinski definition) is 4. The van der Waals surface area contributed by atoms with Gasteiger partial charge >= 0.3 is 0 Å². The molecule has 0 aromatic carbocycles. The number of aryl methyl sites for hydroxylation is 2. The highest BCUT2D eigenvalue weighted by Gasteiger charge is 2.25. The maximum atomic E-state index is 12.1. The fraction of sp³-hybridized carbons (Fsp3) is 0.706. The maximum absolute atomic E-state index is 12.1.